The third-order valence-corrected chi connectivity index (χ3v) is 5.87. The molecule has 0 aliphatic carbocycles. The Hall–Kier alpha value is -2.09. The molecule has 0 radical (unpaired) electrons. The van der Waals surface area contributed by atoms with E-state index in [4.69, 9.17) is 5.73 Å². The number of nitrogen functional groups attached to an aromatic ring is 1. The van der Waals surface area contributed by atoms with Crippen molar-refractivity contribution in [2.24, 2.45) is 0 Å². The molecular weight excluding hydrogens is 398 g/mol. The first-order valence-corrected chi connectivity index (χ1v) is 10.2. The molecule has 0 unspecified atom stereocenters. The summed E-state index contributed by atoms with van der Waals surface area (Å²) in [6.45, 7) is 7.02. The number of carbonyl (C=O) groups is 1. The van der Waals surface area contributed by atoms with Crippen LogP contribution in [0.5, 0.6) is 0 Å². The lowest BCUT2D eigenvalue weighted by atomic mass is 10.1. The smallest absolute Gasteiger partial charge is 0.241 e. The lowest BCUT2D eigenvalue weighted by Crippen LogP contribution is -2.40. The number of sulfonamides is 1. The molecule has 0 heterocycles. The zero-order chi connectivity index (χ0) is 20.2. The van der Waals surface area contributed by atoms with Gasteiger partial charge in [-0.25, -0.2) is 13.1 Å². The van der Waals surface area contributed by atoms with E-state index in [0.29, 0.717) is 23.4 Å². The molecular formula is C20H28ClN3O3S. The minimum Gasteiger partial charge on any atom is -0.399 e. The summed E-state index contributed by atoms with van der Waals surface area (Å²) >= 11 is 0. The molecule has 8 heteroatoms. The molecule has 28 heavy (non-hydrogen) atoms. The Morgan fingerprint density at radius 2 is 1.71 bits per heavy atom. The van der Waals surface area contributed by atoms with Gasteiger partial charge in [0.25, 0.3) is 0 Å². The number of nitrogens with one attached hydrogen (secondary N) is 2. The van der Waals surface area contributed by atoms with E-state index in [0.717, 1.165) is 5.56 Å². The maximum atomic E-state index is 12.6. The fourth-order valence-corrected chi connectivity index (χ4v) is 4.41. The fourth-order valence-electron chi connectivity index (χ4n) is 2.72. The average molecular weight is 426 g/mol. The van der Waals surface area contributed by atoms with E-state index in [2.05, 4.69) is 10.0 Å². The number of halogens is 1. The molecule has 1 amide bonds. The van der Waals surface area contributed by atoms with Crippen LogP contribution in [-0.2, 0) is 21.2 Å². The third-order valence-electron chi connectivity index (χ3n) is 3.96. The zero-order valence-electron chi connectivity index (χ0n) is 16.6. The molecule has 2 rings (SSSR count). The largest absolute Gasteiger partial charge is 0.399 e. The average Bonchev–Trinajstić information content (AvgIpc) is 2.53. The number of aryl methyl sites for hydroxylation is 1. The Kier molecular flexibility index (Phi) is 8.05. The van der Waals surface area contributed by atoms with Crippen molar-refractivity contribution in [1.29, 1.82) is 0 Å². The van der Waals surface area contributed by atoms with Crippen LogP contribution in [0.3, 0.4) is 0 Å². The van der Waals surface area contributed by atoms with E-state index in [1.165, 1.54) is 6.07 Å². The maximum absolute atomic E-state index is 12.6. The molecule has 0 spiro atoms. The quantitative estimate of drug-likeness (QED) is 0.615. The number of carbonyl (C=O) groups excluding carboxylic acids is 1. The molecule has 4 N–H and O–H groups in total. The van der Waals surface area contributed by atoms with Gasteiger partial charge in [0.1, 0.15) is 0 Å². The molecule has 0 fully saturated rings. The highest BCUT2D eigenvalue weighted by molar-refractivity contribution is 7.89. The molecule has 154 valence electrons. The number of para-hydroxylation sites is 1. The minimum absolute atomic E-state index is 0. The highest BCUT2D eigenvalue weighted by Gasteiger charge is 2.24. The minimum atomic E-state index is -3.69. The summed E-state index contributed by atoms with van der Waals surface area (Å²) in [6, 6.07) is 12.3. The number of hydrogen-bond donors (Lipinski definition) is 3. The topological polar surface area (TPSA) is 101 Å². The van der Waals surface area contributed by atoms with Crippen LogP contribution in [-0.4, -0.2) is 19.9 Å². The van der Waals surface area contributed by atoms with Crippen molar-refractivity contribution in [3.8, 4) is 0 Å². The van der Waals surface area contributed by atoms with Gasteiger partial charge >= 0.3 is 0 Å². The molecule has 0 aliphatic heterocycles. The first-order chi connectivity index (χ1) is 12.5. The van der Waals surface area contributed by atoms with Gasteiger partial charge in [-0.05, 0) is 63.4 Å². The molecule has 0 atom stereocenters. The zero-order valence-corrected chi connectivity index (χ0v) is 18.2. The molecule has 0 saturated heterocycles. The van der Waals surface area contributed by atoms with Crippen molar-refractivity contribution in [2.75, 3.05) is 11.1 Å². The van der Waals surface area contributed by atoms with Crippen LogP contribution in [0.4, 0.5) is 11.4 Å². The molecule has 2 aromatic rings. The van der Waals surface area contributed by atoms with Crippen LogP contribution in [0.25, 0.3) is 0 Å². The van der Waals surface area contributed by atoms with Gasteiger partial charge in [0.05, 0.1) is 4.90 Å². The fraction of sp³-hybridized carbons (Fsp3) is 0.350. The summed E-state index contributed by atoms with van der Waals surface area (Å²) < 4.78 is 27.9. The Morgan fingerprint density at radius 3 is 2.32 bits per heavy atom. The second-order valence-electron chi connectivity index (χ2n) is 7.53. The van der Waals surface area contributed by atoms with Gasteiger partial charge in [0, 0.05) is 23.3 Å². The van der Waals surface area contributed by atoms with Gasteiger partial charge in [-0.2, -0.15) is 0 Å². The summed E-state index contributed by atoms with van der Waals surface area (Å²) in [5.41, 5.74) is 7.85. The Labute approximate surface area is 173 Å². The lowest BCUT2D eigenvalue weighted by molar-refractivity contribution is -0.116. The first kappa shape index (κ1) is 23.9. The van der Waals surface area contributed by atoms with Crippen molar-refractivity contribution in [3.05, 3.63) is 53.6 Å². The number of amides is 1. The molecule has 0 bridgehead atoms. The predicted molar refractivity (Wildman–Crippen MR) is 116 cm³/mol. The van der Waals surface area contributed by atoms with E-state index in [9.17, 15) is 13.2 Å². The van der Waals surface area contributed by atoms with Crippen molar-refractivity contribution in [2.45, 2.75) is 51.0 Å². The first-order valence-electron chi connectivity index (χ1n) is 8.76. The predicted octanol–water partition coefficient (Wildman–Crippen LogP) is 3.65. The van der Waals surface area contributed by atoms with Gasteiger partial charge in [-0.1, -0.05) is 24.3 Å². The van der Waals surface area contributed by atoms with Crippen LogP contribution in [0.15, 0.2) is 47.4 Å². The van der Waals surface area contributed by atoms with Crippen molar-refractivity contribution in [3.63, 3.8) is 0 Å². The number of anilines is 2. The summed E-state index contributed by atoms with van der Waals surface area (Å²) in [5, 5.41) is 2.80. The van der Waals surface area contributed by atoms with Crippen LogP contribution >= 0.6 is 12.4 Å². The molecule has 0 saturated carbocycles. The van der Waals surface area contributed by atoms with Crippen LogP contribution in [0, 0.1) is 6.92 Å². The third kappa shape index (κ3) is 6.51. The van der Waals surface area contributed by atoms with Crippen LogP contribution < -0.4 is 15.8 Å². The number of hydrogen-bond acceptors (Lipinski definition) is 4. The van der Waals surface area contributed by atoms with Gasteiger partial charge in [0.2, 0.25) is 15.9 Å². The molecule has 2 aromatic carbocycles. The Bertz CT molecular complexity index is 938. The highest BCUT2D eigenvalue weighted by Crippen LogP contribution is 2.24. The van der Waals surface area contributed by atoms with Gasteiger partial charge < -0.3 is 11.1 Å². The van der Waals surface area contributed by atoms with E-state index in [-0.39, 0.29) is 29.6 Å². The second kappa shape index (κ2) is 9.41. The van der Waals surface area contributed by atoms with Gasteiger partial charge in [0.15, 0.2) is 0 Å². The summed E-state index contributed by atoms with van der Waals surface area (Å²) in [6.07, 6.45) is 0.770. The van der Waals surface area contributed by atoms with Crippen molar-refractivity contribution >= 4 is 39.7 Å². The van der Waals surface area contributed by atoms with E-state index in [1.807, 2.05) is 18.2 Å². The standard InChI is InChI=1S/C20H27N3O3S.ClH/c1-14-17(10-7-11-18(14)27(25,26)23-20(2,3)4)22-19(24)13-12-15-8-5-6-9-16(15)21;/h5-11,23H,12-13,21H2,1-4H3,(H,22,24);1H. The summed E-state index contributed by atoms with van der Waals surface area (Å²) in [5.74, 6) is -0.195. The van der Waals surface area contributed by atoms with E-state index in [1.54, 1.807) is 45.9 Å². The molecule has 0 aromatic heterocycles. The maximum Gasteiger partial charge on any atom is 0.241 e. The number of nitrogens with two attached hydrogens (primary N) is 1. The molecule has 0 aliphatic rings. The van der Waals surface area contributed by atoms with Crippen LogP contribution in [0.1, 0.15) is 38.3 Å². The van der Waals surface area contributed by atoms with Crippen molar-refractivity contribution < 1.29 is 13.2 Å². The van der Waals surface area contributed by atoms with E-state index < -0.39 is 15.6 Å². The monoisotopic (exact) mass is 425 g/mol. The Balaban J connectivity index is 0.00000392. The van der Waals surface area contributed by atoms with Gasteiger partial charge in [-0.15, -0.1) is 12.4 Å². The number of rotatable bonds is 6. The van der Waals surface area contributed by atoms with Gasteiger partial charge in [-0.3, -0.25) is 4.79 Å². The second-order valence-corrected chi connectivity index (χ2v) is 9.18. The highest BCUT2D eigenvalue weighted by atomic mass is 35.5. The number of benzene rings is 2. The van der Waals surface area contributed by atoms with Crippen LogP contribution in [0.2, 0.25) is 0 Å². The Morgan fingerprint density at radius 1 is 1.07 bits per heavy atom. The normalized spacial score (nSPS) is 11.6. The van der Waals surface area contributed by atoms with Crippen molar-refractivity contribution in [1.82, 2.24) is 4.72 Å². The molecule has 6 nitrogen and oxygen atoms in total. The SMILES string of the molecule is Cc1c(NC(=O)CCc2ccccc2N)cccc1S(=O)(=O)NC(C)(C)C.Cl. The van der Waals surface area contributed by atoms with E-state index >= 15 is 0 Å². The lowest BCUT2D eigenvalue weighted by Gasteiger charge is -2.22. The summed E-state index contributed by atoms with van der Waals surface area (Å²) in [7, 11) is -3.69. The summed E-state index contributed by atoms with van der Waals surface area (Å²) in [4.78, 5) is 12.5.